The molecule has 132 valence electrons. The SMILES string of the molecule is CC(C)(C)OC(=O)NC[C@H]1CCCN(CC(=O)c2cnccn2)C1. The lowest BCUT2D eigenvalue weighted by atomic mass is 9.97. The van der Waals surface area contributed by atoms with Gasteiger partial charge in [-0.25, -0.2) is 9.78 Å². The third kappa shape index (κ3) is 6.23. The van der Waals surface area contributed by atoms with Crippen LogP contribution in [0.5, 0.6) is 0 Å². The van der Waals surface area contributed by atoms with Crippen molar-refractivity contribution >= 4 is 11.9 Å². The Labute approximate surface area is 142 Å². The average molecular weight is 334 g/mol. The summed E-state index contributed by atoms with van der Waals surface area (Å²) >= 11 is 0. The second-order valence-corrected chi connectivity index (χ2v) is 7.14. The topological polar surface area (TPSA) is 84.4 Å². The molecule has 1 aromatic rings. The second kappa shape index (κ2) is 8.19. The number of amides is 1. The van der Waals surface area contributed by atoms with Crippen LogP contribution in [0.1, 0.15) is 44.1 Å². The fourth-order valence-corrected chi connectivity index (χ4v) is 2.73. The summed E-state index contributed by atoms with van der Waals surface area (Å²) in [5, 5.41) is 2.82. The van der Waals surface area contributed by atoms with Gasteiger partial charge in [0.05, 0.1) is 12.7 Å². The van der Waals surface area contributed by atoms with Crippen LogP contribution in [0.3, 0.4) is 0 Å². The highest BCUT2D eigenvalue weighted by atomic mass is 16.6. The van der Waals surface area contributed by atoms with Gasteiger partial charge in [-0.2, -0.15) is 0 Å². The molecule has 0 bridgehead atoms. The number of hydrogen-bond acceptors (Lipinski definition) is 6. The summed E-state index contributed by atoms with van der Waals surface area (Å²) in [6.45, 7) is 8.08. The van der Waals surface area contributed by atoms with Crippen molar-refractivity contribution in [3.63, 3.8) is 0 Å². The summed E-state index contributed by atoms with van der Waals surface area (Å²) in [4.78, 5) is 34.0. The first kappa shape index (κ1) is 18.3. The van der Waals surface area contributed by atoms with E-state index in [1.807, 2.05) is 20.8 Å². The van der Waals surface area contributed by atoms with Gasteiger partial charge < -0.3 is 10.1 Å². The van der Waals surface area contributed by atoms with Crippen LogP contribution in [-0.4, -0.2) is 58.5 Å². The Morgan fingerprint density at radius 2 is 2.17 bits per heavy atom. The molecule has 2 rings (SSSR count). The summed E-state index contributed by atoms with van der Waals surface area (Å²) in [6, 6.07) is 0. The van der Waals surface area contributed by atoms with Gasteiger partial charge in [0.1, 0.15) is 11.3 Å². The molecule has 0 unspecified atom stereocenters. The number of aromatic nitrogens is 2. The number of nitrogens with zero attached hydrogens (tertiary/aromatic N) is 3. The zero-order valence-corrected chi connectivity index (χ0v) is 14.6. The van der Waals surface area contributed by atoms with Gasteiger partial charge in [0.25, 0.3) is 0 Å². The first-order valence-corrected chi connectivity index (χ1v) is 8.32. The molecule has 1 atom stereocenters. The van der Waals surface area contributed by atoms with E-state index in [4.69, 9.17) is 4.74 Å². The Kier molecular flexibility index (Phi) is 6.25. The number of ketones is 1. The molecule has 0 radical (unpaired) electrons. The van der Waals surface area contributed by atoms with Crippen LogP contribution < -0.4 is 5.32 Å². The van der Waals surface area contributed by atoms with E-state index in [-0.39, 0.29) is 5.78 Å². The summed E-state index contributed by atoms with van der Waals surface area (Å²) in [7, 11) is 0. The average Bonchev–Trinajstić information content (AvgIpc) is 2.52. The number of hydrogen-bond donors (Lipinski definition) is 1. The zero-order chi connectivity index (χ0) is 17.6. The van der Waals surface area contributed by atoms with E-state index in [1.165, 1.54) is 12.4 Å². The fraction of sp³-hybridized carbons (Fsp3) is 0.647. The molecular weight excluding hydrogens is 308 g/mol. The van der Waals surface area contributed by atoms with E-state index in [9.17, 15) is 9.59 Å². The summed E-state index contributed by atoms with van der Waals surface area (Å²) in [6.07, 6.45) is 6.22. The maximum atomic E-state index is 12.2. The lowest BCUT2D eigenvalue weighted by Gasteiger charge is -2.32. The molecule has 7 heteroatoms. The minimum Gasteiger partial charge on any atom is -0.444 e. The molecule has 2 heterocycles. The number of alkyl carbamates (subject to hydrolysis) is 1. The highest BCUT2D eigenvalue weighted by Gasteiger charge is 2.24. The highest BCUT2D eigenvalue weighted by Crippen LogP contribution is 2.16. The van der Waals surface area contributed by atoms with Crippen LogP contribution in [0.25, 0.3) is 0 Å². The smallest absolute Gasteiger partial charge is 0.407 e. The lowest BCUT2D eigenvalue weighted by molar-refractivity contribution is 0.0504. The monoisotopic (exact) mass is 334 g/mol. The van der Waals surface area contributed by atoms with Crippen LogP contribution in [-0.2, 0) is 4.74 Å². The van der Waals surface area contributed by atoms with Gasteiger partial charge in [0, 0.05) is 25.5 Å². The molecule has 0 spiro atoms. The molecular formula is C17H26N4O3. The number of carbonyl (C=O) groups is 2. The Hall–Kier alpha value is -2.02. The van der Waals surface area contributed by atoms with Crippen molar-refractivity contribution in [3.05, 3.63) is 24.3 Å². The standard InChI is InChI=1S/C17H26N4O3/c1-17(2,3)24-16(23)20-9-13-5-4-8-21(11-13)12-15(22)14-10-18-6-7-19-14/h6-7,10,13H,4-5,8-9,11-12H2,1-3H3,(H,20,23)/t13-/m1/s1. The van der Waals surface area contributed by atoms with Gasteiger partial charge in [-0.1, -0.05) is 0 Å². The molecule has 1 aliphatic heterocycles. The van der Waals surface area contributed by atoms with Crippen LogP contribution in [0.2, 0.25) is 0 Å². The number of nitrogens with one attached hydrogen (secondary N) is 1. The van der Waals surface area contributed by atoms with Crippen LogP contribution in [0.4, 0.5) is 4.79 Å². The van der Waals surface area contributed by atoms with E-state index in [0.29, 0.717) is 24.7 Å². The molecule has 1 amide bonds. The van der Waals surface area contributed by atoms with Crippen molar-refractivity contribution in [2.45, 2.75) is 39.2 Å². The number of ether oxygens (including phenoxy) is 1. The van der Waals surface area contributed by atoms with E-state index in [2.05, 4.69) is 20.2 Å². The largest absolute Gasteiger partial charge is 0.444 e. The van der Waals surface area contributed by atoms with Crippen molar-refractivity contribution in [3.8, 4) is 0 Å². The summed E-state index contributed by atoms with van der Waals surface area (Å²) < 4.78 is 5.25. The quantitative estimate of drug-likeness (QED) is 0.828. The van der Waals surface area contributed by atoms with Crippen LogP contribution in [0, 0.1) is 5.92 Å². The van der Waals surface area contributed by atoms with E-state index >= 15 is 0 Å². The van der Waals surface area contributed by atoms with Crippen molar-refractivity contribution in [2.24, 2.45) is 5.92 Å². The maximum absolute atomic E-state index is 12.2. The second-order valence-electron chi connectivity index (χ2n) is 7.14. The molecule has 1 fully saturated rings. The third-order valence-electron chi connectivity index (χ3n) is 3.75. The van der Waals surface area contributed by atoms with Gasteiger partial charge in [0.15, 0.2) is 5.78 Å². The first-order valence-electron chi connectivity index (χ1n) is 8.32. The molecule has 0 aromatic carbocycles. The number of Topliss-reactive ketones (excluding diaryl/α,β-unsaturated/α-hetero) is 1. The number of rotatable bonds is 5. The first-order chi connectivity index (χ1) is 11.3. The fourth-order valence-electron chi connectivity index (χ4n) is 2.73. The van der Waals surface area contributed by atoms with Gasteiger partial charge in [-0.15, -0.1) is 0 Å². The molecule has 1 aliphatic rings. The summed E-state index contributed by atoms with van der Waals surface area (Å²) in [5.74, 6) is 0.296. The third-order valence-corrected chi connectivity index (χ3v) is 3.75. The van der Waals surface area contributed by atoms with Gasteiger partial charge >= 0.3 is 6.09 Å². The van der Waals surface area contributed by atoms with Crippen molar-refractivity contribution in [1.82, 2.24) is 20.2 Å². The molecule has 7 nitrogen and oxygen atoms in total. The number of piperidine rings is 1. The predicted octanol–water partition coefficient (Wildman–Crippen LogP) is 1.90. The Morgan fingerprint density at radius 3 is 2.83 bits per heavy atom. The minimum absolute atomic E-state index is 0.0242. The van der Waals surface area contributed by atoms with Crippen LogP contribution >= 0.6 is 0 Å². The Balaban J connectivity index is 1.77. The molecule has 1 N–H and O–H groups in total. The van der Waals surface area contributed by atoms with Crippen molar-refractivity contribution in [2.75, 3.05) is 26.2 Å². The predicted molar refractivity (Wildman–Crippen MR) is 89.8 cm³/mol. The number of likely N-dealkylation sites (tertiary alicyclic amines) is 1. The van der Waals surface area contributed by atoms with Crippen molar-refractivity contribution < 1.29 is 14.3 Å². The van der Waals surface area contributed by atoms with E-state index in [1.54, 1.807) is 6.20 Å². The van der Waals surface area contributed by atoms with Gasteiger partial charge in [-0.3, -0.25) is 14.7 Å². The molecule has 1 saturated heterocycles. The minimum atomic E-state index is -0.494. The Bertz CT molecular complexity index is 557. The molecule has 1 aromatic heterocycles. The lowest BCUT2D eigenvalue weighted by Crippen LogP contribution is -2.43. The van der Waals surface area contributed by atoms with Gasteiger partial charge in [-0.05, 0) is 46.1 Å². The number of carbonyl (C=O) groups excluding carboxylic acids is 2. The highest BCUT2D eigenvalue weighted by molar-refractivity contribution is 5.95. The normalized spacial score (nSPS) is 18.9. The maximum Gasteiger partial charge on any atom is 0.407 e. The van der Waals surface area contributed by atoms with Crippen molar-refractivity contribution in [1.29, 1.82) is 0 Å². The van der Waals surface area contributed by atoms with Crippen LogP contribution in [0.15, 0.2) is 18.6 Å². The van der Waals surface area contributed by atoms with Gasteiger partial charge in [0.2, 0.25) is 0 Å². The van der Waals surface area contributed by atoms with E-state index < -0.39 is 11.7 Å². The Morgan fingerprint density at radius 1 is 1.38 bits per heavy atom. The molecule has 0 aliphatic carbocycles. The molecule has 0 saturated carbocycles. The zero-order valence-electron chi connectivity index (χ0n) is 14.6. The van der Waals surface area contributed by atoms with E-state index in [0.717, 1.165) is 25.9 Å². The molecule has 24 heavy (non-hydrogen) atoms. The summed E-state index contributed by atoms with van der Waals surface area (Å²) in [5.41, 5.74) is -0.0993.